The molecule has 5 nitrogen and oxygen atoms in total. The van der Waals surface area contributed by atoms with Crippen LogP contribution in [0.15, 0.2) is 59.4 Å². The summed E-state index contributed by atoms with van der Waals surface area (Å²) in [5, 5.41) is 3.37. The van der Waals surface area contributed by atoms with Gasteiger partial charge in [0.2, 0.25) is 0 Å². The second-order valence-electron chi connectivity index (χ2n) is 5.86. The molecule has 1 N–H and O–H groups in total. The second-order valence-corrected chi connectivity index (χ2v) is 5.86. The average Bonchev–Trinajstić information content (AvgIpc) is 3.10. The zero-order chi connectivity index (χ0) is 17.3. The molecule has 0 aliphatic carbocycles. The quantitative estimate of drug-likeness (QED) is 0.642. The molecular weight excluding hydrogens is 314 g/mol. The summed E-state index contributed by atoms with van der Waals surface area (Å²) in [4.78, 5) is 8.26. The fourth-order valence-electron chi connectivity index (χ4n) is 2.44. The summed E-state index contributed by atoms with van der Waals surface area (Å²) in [7, 11) is 0. The molecule has 25 heavy (non-hydrogen) atoms. The van der Waals surface area contributed by atoms with Gasteiger partial charge in [0.05, 0.1) is 12.7 Å². The number of ether oxygens (including phenoxy) is 1. The standard InChI is InChI=1S/C20H23N3O2/c1-2-3-20-23-14-19(25-20)13-22-12-16-4-6-18(7-5-16)24-15-17-8-10-21-11-9-17/h4-11,14,22H,2-3,12-13,15H2,1H3. The Morgan fingerprint density at radius 3 is 2.56 bits per heavy atom. The lowest BCUT2D eigenvalue weighted by atomic mass is 10.2. The number of aryl methyl sites for hydroxylation is 1. The van der Waals surface area contributed by atoms with Crippen LogP contribution in [0.2, 0.25) is 0 Å². The Balaban J connectivity index is 1.42. The Hall–Kier alpha value is -2.66. The summed E-state index contributed by atoms with van der Waals surface area (Å²) < 4.78 is 11.4. The van der Waals surface area contributed by atoms with E-state index in [9.17, 15) is 0 Å². The number of nitrogens with zero attached hydrogens (tertiary/aromatic N) is 2. The Bertz CT molecular complexity index is 754. The number of pyridine rings is 1. The van der Waals surface area contributed by atoms with Crippen molar-refractivity contribution in [2.24, 2.45) is 0 Å². The Kier molecular flexibility index (Phi) is 6.17. The summed E-state index contributed by atoms with van der Waals surface area (Å²) in [6.45, 7) is 4.11. The van der Waals surface area contributed by atoms with Crippen molar-refractivity contribution in [1.82, 2.24) is 15.3 Å². The van der Waals surface area contributed by atoms with Crippen LogP contribution in [-0.2, 0) is 26.1 Å². The lowest BCUT2D eigenvalue weighted by Gasteiger charge is -2.08. The minimum Gasteiger partial charge on any atom is -0.489 e. The molecule has 1 aromatic carbocycles. The van der Waals surface area contributed by atoms with Crippen LogP contribution < -0.4 is 10.1 Å². The third-order valence-electron chi connectivity index (χ3n) is 3.77. The fraction of sp³-hybridized carbons (Fsp3) is 0.300. The van der Waals surface area contributed by atoms with Crippen LogP contribution in [0.25, 0.3) is 0 Å². The number of oxazole rings is 1. The van der Waals surface area contributed by atoms with Crippen molar-refractivity contribution in [3.63, 3.8) is 0 Å². The minimum atomic E-state index is 0.547. The van der Waals surface area contributed by atoms with Gasteiger partial charge in [0, 0.05) is 25.4 Å². The molecule has 0 radical (unpaired) electrons. The van der Waals surface area contributed by atoms with E-state index in [1.807, 2.05) is 24.3 Å². The van der Waals surface area contributed by atoms with E-state index < -0.39 is 0 Å². The van der Waals surface area contributed by atoms with Gasteiger partial charge < -0.3 is 14.5 Å². The largest absolute Gasteiger partial charge is 0.489 e. The van der Waals surface area contributed by atoms with Gasteiger partial charge >= 0.3 is 0 Å². The summed E-state index contributed by atoms with van der Waals surface area (Å²) >= 11 is 0. The molecular formula is C20H23N3O2. The van der Waals surface area contributed by atoms with E-state index in [0.717, 1.165) is 42.4 Å². The highest BCUT2D eigenvalue weighted by molar-refractivity contribution is 5.27. The van der Waals surface area contributed by atoms with Crippen LogP contribution in [0.3, 0.4) is 0 Å². The zero-order valence-electron chi connectivity index (χ0n) is 14.4. The van der Waals surface area contributed by atoms with Gasteiger partial charge in [0.15, 0.2) is 5.89 Å². The Morgan fingerprint density at radius 1 is 1.00 bits per heavy atom. The molecule has 0 aliphatic rings. The van der Waals surface area contributed by atoms with E-state index in [-0.39, 0.29) is 0 Å². The lowest BCUT2D eigenvalue weighted by molar-refractivity contribution is 0.306. The van der Waals surface area contributed by atoms with Gasteiger partial charge in [-0.1, -0.05) is 19.1 Å². The number of benzene rings is 1. The van der Waals surface area contributed by atoms with Gasteiger partial charge in [-0.2, -0.15) is 0 Å². The average molecular weight is 337 g/mol. The molecule has 130 valence electrons. The van der Waals surface area contributed by atoms with E-state index in [1.54, 1.807) is 18.6 Å². The Morgan fingerprint density at radius 2 is 1.80 bits per heavy atom. The van der Waals surface area contributed by atoms with Crippen LogP contribution in [-0.4, -0.2) is 9.97 Å². The van der Waals surface area contributed by atoms with Crippen molar-refractivity contribution < 1.29 is 9.15 Å². The molecule has 0 aliphatic heterocycles. The summed E-state index contributed by atoms with van der Waals surface area (Å²) in [6.07, 6.45) is 7.28. The number of aromatic nitrogens is 2. The predicted molar refractivity (Wildman–Crippen MR) is 96.1 cm³/mol. The predicted octanol–water partition coefficient (Wildman–Crippen LogP) is 3.89. The van der Waals surface area contributed by atoms with Crippen molar-refractivity contribution in [3.8, 4) is 5.75 Å². The van der Waals surface area contributed by atoms with Crippen molar-refractivity contribution >= 4 is 0 Å². The molecule has 5 heteroatoms. The summed E-state index contributed by atoms with van der Waals surface area (Å²) in [5.74, 6) is 2.55. The minimum absolute atomic E-state index is 0.547. The maximum Gasteiger partial charge on any atom is 0.194 e. The van der Waals surface area contributed by atoms with Crippen molar-refractivity contribution in [2.75, 3.05) is 0 Å². The highest BCUT2D eigenvalue weighted by atomic mass is 16.5. The van der Waals surface area contributed by atoms with Crippen molar-refractivity contribution in [2.45, 2.75) is 39.5 Å². The fourth-order valence-corrected chi connectivity index (χ4v) is 2.44. The Labute approximate surface area is 148 Å². The van der Waals surface area contributed by atoms with Crippen molar-refractivity contribution in [3.05, 3.63) is 77.8 Å². The van der Waals surface area contributed by atoms with Gasteiger partial charge in [0.1, 0.15) is 18.1 Å². The normalized spacial score (nSPS) is 10.8. The van der Waals surface area contributed by atoms with E-state index in [2.05, 4.69) is 34.3 Å². The number of rotatable bonds is 9. The zero-order valence-corrected chi connectivity index (χ0v) is 14.4. The third-order valence-corrected chi connectivity index (χ3v) is 3.77. The first-order valence-electron chi connectivity index (χ1n) is 8.58. The van der Waals surface area contributed by atoms with Crippen LogP contribution in [0.1, 0.15) is 36.1 Å². The molecule has 0 amide bonds. The summed E-state index contributed by atoms with van der Waals surface area (Å²) in [5.41, 5.74) is 2.31. The molecule has 3 aromatic rings. The number of hydrogen-bond acceptors (Lipinski definition) is 5. The SMILES string of the molecule is CCCc1ncc(CNCc2ccc(OCc3ccncc3)cc2)o1. The van der Waals surface area contributed by atoms with E-state index in [0.29, 0.717) is 13.2 Å². The van der Waals surface area contributed by atoms with Crippen LogP contribution in [0, 0.1) is 0 Å². The van der Waals surface area contributed by atoms with Crippen LogP contribution >= 0.6 is 0 Å². The molecule has 0 atom stereocenters. The molecule has 2 heterocycles. The number of nitrogens with one attached hydrogen (secondary N) is 1. The second kappa shape index (κ2) is 8.99. The van der Waals surface area contributed by atoms with Crippen molar-refractivity contribution in [1.29, 1.82) is 0 Å². The van der Waals surface area contributed by atoms with E-state index in [1.165, 1.54) is 5.56 Å². The molecule has 0 fully saturated rings. The van der Waals surface area contributed by atoms with Gasteiger partial charge in [-0.05, 0) is 41.8 Å². The van der Waals surface area contributed by atoms with E-state index >= 15 is 0 Å². The van der Waals surface area contributed by atoms with Gasteiger partial charge in [0.25, 0.3) is 0 Å². The van der Waals surface area contributed by atoms with Gasteiger partial charge in [-0.15, -0.1) is 0 Å². The molecule has 0 saturated carbocycles. The molecule has 0 saturated heterocycles. The molecule has 3 rings (SSSR count). The molecule has 2 aromatic heterocycles. The first kappa shape index (κ1) is 17.2. The van der Waals surface area contributed by atoms with Crippen LogP contribution in [0.5, 0.6) is 5.75 Å². The highest BCUT2D eigenvalue weighted by Crippen LogP contribution is 2.14. The monoisotopic (exact) mass is 337 g/mol. The smallest absolute Gasteiger partial charge is 0.194 e. The number of hydrogen-bond donors (Lipinski definition) is 1. The molecule has 0 spiro atoms. The van der Waals surface area contributed by atoms with Gasteiger partial charge in [-0.25, -0.2) is 4.98 Å². The highest BCUT2D eigenvalue weighted by Gasteiger charge is 2.03. The van der Waals surface area contributed by atoms with Crippen LogP contribution in [0.4, 0.5) is 0 Å². The first-order chi connectivity index (χ1) is 12.3. The first-order valence-corrected chi connectivity index (χ1v) is 8.58. The molecule has 0 unspecified atom stereocenters. The lowest BCUT2D eigenvalue weighted by Crippen LogP contribution is -2.12. The summed E-state index contributed by atoms with van der Waals surface area (Å²) in [6, 6.07) is 12.0. The van der Waals surface area contributed by atoms with Gasteiger partial charge in [-0.3, -0.25) is 4.98 Å². The maximum atomic E-state index is 5.78. The third kappa shape index (κ3) is 5.43. The molecule has 0 bridgehead atoms. The topological polar surface area (TPSA) is 60.2 Å². The maximum absolute atomic E-state index is 5.78. The van der Waals surface area contributed by atoms with E-state index in [4.69, 9.17) is 9.15 Å².